The number of nitrogens with zero attached hydrogens (tertiary/aromatic N) is 4. The first-order chi connectivity index (χ1) is 14.7. The summed E-state index contributed by atoms with van der Waals surface area (Å²) < 4.78 is 7.51. The van der Waals surface area contributed by atoms with Gasteiger partial charge in [-0.3, -0.25) is 9.59 Å². The molecule has 8 nitrogen and oxygen atoms in total. The van der Waals surface area contributed by atoms with Crippen molar-refractivity contribution in [1.29, 1.82) is 0 Å². The van der Waals surface area contributed by atoms with Gasteiger partial charge in [0.1, 0.15) is 12.2 Å². The number of aromatic nitrogens is 3. The molecular weight excluding hydrogens is 402 g/mol. The third-order valence-corrected chi connectivity index (χ3v) is 7.01. The molecule has 2 fully saturated rings. The Morgan fingerprint density at radius 2 is 2.00 bits per heavy atom. The largest absolute Gasteiger partial charge is 0.463 e. The molecule has 3 aromatic rings. The molecule has 3 aromatic heterocycles. The van der Waals surface area contributed by atoms with E-state index in [0.717, 1.165) is 56.7 Å². The quantitative estimate of drug-likeness (QED) is 0.672. The number of furan rings is 1. The summed E-state index contributed by atoms with van der Waals surface area (Å²) in [5.74, 6) is 0.384. The lowest BCUT2D eigenvalue weighted by molar-refractivity contribution is -0.122. The van der Waals surface area contributed by atoms with Crippen LogP contribution in [0.15, 0.2) is 27.6 Å². The van der Waals surface area contributed by atoms with Crippen molar-refractivity contribution < 1.29 is 9.21 Å². The van der Waals surface area contributed by atoms with Gasteiger partial charge in [0.15, 0.2) is 16.4 Å². The van der Waals surface area contributed by atoms with E-state index in [1.165, 1.54) is 22.4 Å². The van der Waals surface area contributed by atoms with Gasteiger partial charge in [-0.2, -0.15) is 5.10 Å². The molecule has 0 bridgehead atoms. The Morgan fingerprint density at radius 3 is 2.73 bits per heavy atom. The fourth-order valence-electron chi connectivity index (χ4n) is 4.33. The Morgan fingerprint density at radius 1 is 1.20 bits per heavy atom. The molecule has 0 unspecified atom stereocenters. The maximum atomic E-state index is 13.1. The summed E-state index contributed by atoms with van der Waals surface area (Å²) in [6.07, 6.45) is 9.32. The summed E-state index contributed by atoms with van der Waals surface area (Å²) in [7, 11) is 0. The van der Waals surface area contributed by atoms with E-state index in [9.17, 15) is 9.59 Å². The van der Waals surface area contributed by atoms with Crippen LogP contribution in [0.4, 0.5) is 5.13 Å². The van der Waals surface area contributed by atoms with E-state index in [0.29, 0.717) is 21.7 Å². The van der Waals surface area contributed by atoms with Crippen molar-refractivity contribution in [3.8, 4) is 11.5 Å². The van der Waals surface area contributed by atoms with E-state index in [2.05, 4.69) is 20.3 Å². The number of fused-ring (bicyclic) bond motifs is 1. The number of rotatable bonds is 5. The molecule has 0 aromatic carbocycles. The van der Waals surface area contributed by atoms with Crippen LogP contribution in [-0.4, -0.2) is 39.8 Å². The van der Waals surface area contributed by atoms with Gasteiger partial charge in [-0.1, -0.05) is 30.6 Å². The number of hydrogen-bond donors (Lipinski definition) is 1. The van der Waals surface area contributed by atoms with Crippen molar-refractivity contribution in [2.75, 3.05) is 18.0 Å². The van der Waals surface area contributed by atoms with Gasteiger partial charge in [-0.05, 0) is 37.8 Å². The molecule has 1 N–H and O–H groups in total. The third kappa shape index (κ3) is 3.74. The van der Waals surface area contributed by atoms with E-state index in [4.69, 9.17) is 4.42 Å². The standard InChI is InChI=1S/C21H25N5O3S/c27-16(22-14-7-2-1-3-8-14)13-26-20(28)18-19(17(24-26)15-9-6-12-29-15)30-21(23-18)25-10-4-5-11-25/h6,9,12,14H,1-5,7-8,10-11,13H2,(H,22,27). The van der Waals surface area contributed by atoms with Gasteiger partial charge in [0.25, 0.3) is 5.56 Å². The maximum Gasteiger partial charge on any atom is 0.294 e. The van der Waals surface area contributed by atoms with Crippen LogP contribution in [0.25, 0.3) is 21.7 Å². The Hall–Kier alpha value is -2.68. The van der Waals surface area contributed by atoms with Crippen LogP contribution >= 0.6 is 11.3 Å². The predicted molar refractivity (Wildman–Crippen MR) is 116 cm³/mol. The van der Waals surface area contributed by atoms with Crippen LogP contribution in [0.1, 0.15) is 44.9 Å². The lowest BCUT2D eigenvalue weighted by Gasteiger charge is -2.22. The van der Waals surface area contributed by atoms with Crippen LogP contribution < -0.4 is 15.8 Å². The highest BCUT2D eigenvalue weighted by atomic mass is 32.1. The van der Waals surface area contributed by atoms with Gasteiger partial charge >= 0.3 is 0 Å². The van der Waals surface area contributed by atoms with E-state index in [-0.39, 0.29) is 24.1 Å². The van der Waals surface area contributed by atoms with E-state index >= 15 is 0 Å². The van der Waals surface area contributed by atoms with Crippen LogP contribution in [0.3, 0.4) is 0 Å². The number of carbonyl (C=O) groups excluding carboxylic acids is 1. The molecule has 1 saturated carbocycles. The SMILES string of the molecule is O=C(Cn1nc(-c2ccco2)c2sc(N3CCCC3)nc2c1=O)NC1CCCCC1. The molecular formula is C21H25N5O3S. The number of carbonyl (C=O) groups is 1. The van der Waals surface area contributed by atoms with Crippen molar-refractivity contribution in [2.45, 2.75) is 57.5 Å². The van der Waals surface area contributed by atoms with Crippen LogP contribution in [-0.2, 0) is 11.3 Å². The van der Waals surface area contributed by atoms with E-state index < -0.39 is 0 Å². The maximum absolute atomic E-state index is 13.1. The molecule has 0 spiro atoms. The number of thiazole rings is 1. The summed E-state index contributed by atoms with van der Waals surface area (Å²) in [6, 6.07) is 3.79. The van der Waals surface area contributed by atoms with Gasteiger partial charge < -0.3 is 14.6 Å². The molecule has 30 heavy (non-hydrogen) atoms. The Bertz CT molecular complexity index is 1090. The second kappa shape index (κ2) is 8.22. The average molecular weight is 428 g/mol. The normalized spacial score (nSPS) is 17.7. The summed E-state index contributed by atoms with van der Waals surface area (Å²) in [5.41, 5.74) is 0.581. The summed E-state index contributed by atoms with van der Waals surface area (Å²) in [4.78, 5) is 32.6. The van der Waals surface area contributed by atoms with Gasteiger partial charge in [-0.25, -0.2) is 9.67 Å². The zero-order valence-electron chi connectivity index (χ0n) is 16.8. The first kappa shape index (κ1) is 19.3. The third-order valence-electron chi connectivity index (χ3n) is 5.88. The Labute approximate surface area is 177 Å². The van der Waals surface area contributed by atoms with Gasteiger partial charge in [-0.15, -0.1) is 0 Å². The minimum absolute atomic E-state index is 0.116. The first-order valence-electron chi connectivity index (χ1n) is 10.7. The molecule has 158 valence electrons. The molecule has 5 rings (SSSR count). The predicted octanol–water partition coefficient (Wildman–Crippen LogP) is 3.16. The lowest BCUT2D eigenvalue weighted by Crippen LogP contribution is -2.40. The zero-order chi connectivity index (χ0) is 20.5. The monoisotopic (exact) mass is 427 g/mol. The molecule has 2 aliphatic rings. The summed E-state index contributed by atoms with van der Waals surface area (Å²) >= 11 is 1.47. The summed E-state index contributed by atoms with van der Waals surface area (Å²) in [6.45, 7) is 1.78. The number of amides is 1. The van der Waals surface area contributed by atoms with Crippen molar-refractivity contribution in [2.24, 2.45) is 0 Å². The second-order valence-electron chi connectivity index (χ2n) is 8.06. The molecule has 1 amide bonds. The lowest BCUT2D eigenvalue weighted by atomic mass is 9.95. The Kier molecular flexibility index (Phi) is 5.28. The van der Waals surface area contributed by atoms with E-state index in [1.54, 1.807) is 12.3 Å². The van der Waals surface area contributed by atoms with E-state index in [1.807, 2.05) is 6.07 Å². The molecule has 9 heteroatoms. The van der Waals surface area contributed by atoms with Gasteiger partial charge in [0, 0.05) is 19.1 Å². The summed E-state index contributed by atoms with van der Waals surface area (Å²) in [5, 5.41) is 8.41. The number of nitrogens with one attached hydrogen (secondary N) is 1. The molecule has 0 atom stereocenters. The molecule has 0 radical (unpaired) electrons. The average Bonchev–Trinajstić information content (AvgIpc) is 3.52. The first-order valence-corrected chi connectivity index (χ1v) is 11.5. The zero-order valence-corrected chi connectivity index (χ0v) is 17.6. The van der Waals surface area contributed by atoms with Crippen LogP contribution in [0.2, 0.25) is 0 Å². The highest BCUT2D eigenvalue weighted by molar-refractivity contribution is 7.22. The molecule has 1 aliphatic carbocycles. The topological polar surface area (TPSA) is 93.3 Å². The van der Waals surface area contributed by atoms with Crippen molar-refractivity contribution in [3.05, 3.63) is 28.7 Å². The highest BCUT2D eigenvalue weighted by Crippen LogP contribution is 2.35. The minimum Gasteiger partial charge on any atom is -0.463 e. The molecule has 1 aliphatic heterocycles. The highest BCUT2D eigenvalue weighted by Gasteiger charge is 2.24. The van der Waals surface area contributed by atoms with Crippen molar-refractivity contribution >= 4 is 32.6 Å². The minimum atomic E-state index is -0.333. The molecule has 1 saturated heterocycles. The van der Waals surface area contributed by atoms with Gasteiger partial charge in [0.05, 0.1) is 11.0 Å². The molecule has 4 heterocycles. The fraction of sp³-hybridized carbons (Fsp3) is 0.524. The smallest absolute Gasteiger partial charge is 0.294 e. The van der Waals surface area contributed by atoms with Crippen LogP contribution in [0, 0.1) is 0 Å². The fourth-order valence-corrected chi connectivity index (χ4v) is 5.43. The van der Waals surface area contributed by atoms with Crippen LogP contribution in [0.5, 0.6) is 0 Å². The Balaban J connectivity index is 1.50. The number of hydrogen-bond acceptors (Lipinski definition) is 7. The van der Waals surface area contributed by atoms with Crippen molar-refractivity contribution in [1.82, 2.24) is 20.1 Å². The second-order valence-corrected chi connectivity index (χ2v) is 9.04. The van der Waals surface area contributed by atoms with Gasteiger partial charge in [0.2, 0.25) is 5.91 Å². The number of anilines is 1. The van der Waals surface area contributed by atoms with Crippen molar-refractivity contribution in [3.63, 3.8) is 0 Å².